The van der Waals surface area contributed by atoms with Crippen molar-refractivity contribution in [3.63, 3.8) is 0 Å². The molecule has 28 heavy (non-hydrogen) atoms. The second-order valence-electron chi connectivity index (χ2n) is 9.65. The summed E-state index contributed by atoms with van der Waals surface area (Å²) in [4.78, 5) is 4.66. The van der Waals surface area contributed by atoms with Crippen molar-refractivity contribution in [2.75, 3.05) is 0 Å². The van der Waals surface area contributed by atoms with Crippen LogP contribution >= 0.6 is 0 Å². The van der Waals surface area contributed by atoms with Crippen LogP contribution < -0.4 is 0 Å². The number of rotatable bonds is 14. The molecule has 1 rings (SSSR count). The fourth-order valence-electron chi connectivity index (χ4n) is 3.09. The van der Waals surface area contributed by atoms with Gasteiger partial charge in [-0.25, -0.2) is 0 Å². The van der Waals surface area contributed by atoms with Crippen molar-refractivity contribution in [3.8, 4) is 0 Å². The molecule has 1 atom stereocenters. The molecule has 0 amide bonds. The molecular weight excluding hydrogens is 358 g/mol. The maximum Gasteiger partial charge on any atom is 0.192 e. The van der Waals surface area contributed by atoms with Gasteiger partial charge in [0.1, 0.15) is 0 Å². The highest BCUT2D eigenvalue weighted by molar-refractivity contribution is 6.74. The number of benzene rings is 1. The van der Waals surface area contributed by atoms with Gasteiger partial charge in [0.25, 0.3) is 0 Å². The van der Waals surface area contributed by atoms with Crippen LogP contribution in [0.25, 0.3) is 0 Å². The fraction of sp³-hybridized carbons (Fsp3) is 0.720. The molecule has 0 spiro atoms. The maximum absolute atomic E-state index is 6.75. The molecule has 0 bridgehead atoms. The molecule has 0 radical (unpaired) electrons. The van der Waals surface area contributed by atoms with Crippen LogP contribution in [-0.4, -0.2) is 20.6 Å². The minimum atomic E-state index is -1.74. The summed E-state index contributed by atoms with van der Waals surface area (Å²) in [7, 11) is -1.74. The minimum absolute atomic E-state index is 0.257. The van der Waals surface area contributed by atoms with E-state index in [0.717, 1.165) is 19.4 Å². The molecule has 1 aromatic rings. The van der Waals surface area contributed by atoms with Gasteiger partial charge in [-0.05, 0) is 30.1 Å². The summed E-state index contributed by atoms with van der Waals surface area (Å²) in [6.07, 6.45) is 14.0. The first-order valence-corrected chi connectivity index (χ1v) is 14.4. The third-order valence-corrected chi connectivity index (χ3v) is 10.5. The van der Waals surface area contributed by atoms with Gasteiger partial charge in [-0.3, -0.25) is 4.99 Å². The van der Waals surface area contributed by atoms with Crippen molar-refractivity contribution in [2.24, 2.45) is 4.99 Å². The number of nitrogens with zero attached hydrogens (tertiary/aromatic N) is 1. The van der Waals surface area contributed by atoms with Gasteiger partial charge < -0.3 is 4.43 Å². The third kappa shape index (κ3) is 10.6. The third-order valence-electron chi connectivity index (χ3n) is 6.01. The number of hydrogen-bond acceptors (Lipinski definition) is 2. The van der Waals surface area contributed by atoms with Crippen molar-refractivity contribution in [2.45, 2.75) is 116 Å². The van der Waals surface area contributed by atoms with Gasteiger partial charge in [0, 0.05) is 18.7 Å². The quantitative estimate of drug-likeness (QED) is 0.174. The van der Waals surface area contributed by atoms with Crippen molar-refractivity contribution < 1.29 is 4.43 Å². The Morgan fingerprint density at radius 3 is 2.18 bits per heavy atom. The molecule has 0 aromatic heterocycles. The van der Waals surface area contributed by atoms with Crippen LogP contribution in [0.1, 0.15) is 91.0 Å². The Hall–Kier alpha value is -0.933. The molecular formula is C25H45NOSi. The standard InChI is InChI=1S/C25H45NOSi/c1-7-8-9-10-11-12-16-19-24(27-28(5,6)25(2,3)4)20-21-26-22-23-17-14-13-15-18-23/h13-15,17-18,21,24H,7-12,16,19-20,22H2,1-6H3/t24-/m0/s1. The molecule has 0 aliphatic heterocycles. The highest BCUT2D eigenvalue weighted by atomic mass is 28.4. The summed E-state index contributed by atoms with van der Waals surface area (Å²) in [5.41, 5.74) is 1.27. The maximum atomic E-state index is 6.75. The summed E-state index contributed by atoms with van der Waals surface area (Å²) >= 11 is 0. The van der Waals surface area contributed by atoms with E-state index in [9.17, 15) is 0 Å². The van der Waals surface area contributed by atoms with Gasteiger partial charge >= 0.3 is 0 Å². The Kier molecular flexibility index (Phi) is 11.9. The predicted octanol–water partition coefficient (Wildman–Crippen LogP) is 8.18. The highest BCUT2D eigenvalue weighted by Gasteiger charge is 2.38. The van der Waals surface area contributed by atoms with E-state index in [-0.39, 0.29) is 5.04 Å². The Morgan fingerprint density at radius 1 is 0.964 bits per heavy atom. The van der Waals surface area contributed by atoms with Crippen LogP contribution in [0, 0.1) is 0 Å². The monoisotopic (exact) mass is 403 g/mol. The molecule has 160 valence electrons. The van der Waals surface area contributed by atoms with E-state index in [1.54, 1.807) is 0 Å². The second kappa shape index (κ2) is 13.3. The van der Waals surface area contributed by atoms with Crippen molar-refractivity contribution in [1.82, 2.24) is 0 Å². The van der Waals surface area contributed by atoms with E-state index in [1.165, 1.54) is 50.5 Å². The van der Waals surface area contributed by atoms with Crippen LogP contribution in [0.4, 0.5) is 0 Å². The fourth-order valence-corrected chi connectivity index (χ4v) is 4.49. The summed E-state index contributed by atoms with van der Waals surface area (Å²) < 4.78 is 6.75. The minimum Gasteiger partial charge on any atom is -0.414 e. The van der Waals surface area contributed by atoms with Gasteiger partial charge in [0.2, 0.25) is 0 Å². The SMILES string of the molecule is CCCCCCCCC[C@@H](CC=NCc1ccccc1)O[Si](C)(C)C(C)(C)C. The molecule has 0 unspecified atom stereocenters. The largest absolute Gasteiger partial charge is 0.414 e. The van der Waals surface area contributed by atoms with Crippen molar-refractivity contribution >= 4 is 14.5 Å². The Balaban J connectivity index is 2.49. The summed E-state index contributed by atoms with van der Waals surface area (Å²) in [6.45, 7) is 14.8. The Morgan fingerprint density at radius 2 is 1.57 bits per heavy atom. The van der Waals surface area contributed by atoms with E-state index in [4.69, 9.17) is 4.43 Å². The van der Waals surface area contributed by atoms with E-state index >= 15 is 0 Å². The average molecular weight is 404 g/mol. The Bertz CT molecular complexity index is 533. The molecule has 0 N–H and O–H groups in total. The molecule has 3 heteroatoms. The molecule has 0 heterocycles. The van der Waals surface area contributed by atoms with E-state index in [2.05, 4.69) is 82.3 Å². The smallest absolute Gasteiger partial charge is 0.192 e. The first kappa shape index (κ1) is 25.1. The summed E-state index contributed by atoms with van der Waals surface area (Å²) in [5, 5.41) is 0.257. The lowest BCUT2D eigenvalue weighted by atomic mass is 10.1. The molecule has 1 aromatic carbocycles. The molecule has 0 saturated heterocycles. The van der Waals surface area contributed by atoms with Gasteiger partial charge in [0.05, 0.1) is 6.54 Å². The van der Waals surface area contributed by atoms with Crippen LogP contribution in [0.5, 0.6) is 0 Å². The lowest BCUT2D eigenvalue weighted by Gasteiger charge is -2.39. The Labute approximate surface area is 176 Å². The normalized spacial score (nSPS) is 13.9. The van der Waals surface area contributed by atoms with Crippen LogP contribution in [0.2, 0.25) is 18.1 Å². The molecule has 2 nitrogen and oxygen atoms in total. The van der Waals surface area contributed by atoms with E-state index in [1.807, 2.05) is 0 Å². The number of hydrogen-bond donors (Lipinski definition) is 0. The molecule has 0 fully saturated rings. The zero-order valence-electron chi connectivity index (χ0n) is 19.5. The summed E-state index contributed by atoms with van der Waals surface area (Å²) in [6, 6.07) is 10.5. The molecule has 0 aliphatic rings. The van der Waals surface area contributed by atoms with E-state index in [0.29, 0.717) is 6.10 Å². The average Bonchev–Trinajstić information content (AvgIpc) is 2.64. The first-order chi connectivity index (χ1) is 13.3. The van der Waals surface area contributed by atoms with E-state index < -0.39 is 8.32 Å². The number of aliphatic imine (C=N–C) groups is 1. The topological polar surface area (TPSA) is 21.6 Å². The van der Waals surface area contributed by atoms with Gasteiger partial charge in [-0.15, -0.1) is 0 Å². The van der Waals surface area contributed by atoms with Crippen LogP contribution in [0.3, 0.4) is 0 Å². The van der Waals surface area contributed by atoms with Crippen LogP contribution in [0.15, 0.2) is 35.3 Å². The van der Waals surface area contributed by atoms with Gasteiger partial charge in [0.15, 0.2) is 8.32 Å². The van der Waals surface area contributed by atoms with Crippen LogP contribution in [-0.2, 0) is 11.0 Å². The van der Waals surface area contributed by atoms with Crippen molar-refractivity contribution in [1.29, 1.82) is 0 Å². The number of unbranched alkanes of at least 4 members (excludes halogenated alkanes) is 6. The van der Waals surface area contributed by atoms with Gasteiger partial charge in [-0.1, -0.05) is 103 Å². The van der Waals surface area contributed by atoms with Gasteiger partial charge in [-0.2, -0.15) is 0 Å². The van der Waals surface area contributed by atoms with Crippen molar-refractivity contribution in [3.05, 3.63) is 35.9 Å². The lowest BCUT2D eigenvalue weighted by molar-refractivity contribution is 0.175. The highest BCUT2D eigenvalue weighted by Crippen LogP contribution is 2.38. The lowest BCUT2D eigenvalue weighted by Crippen LogP contribution is -2.44. The predicted molar refractivity (Wildman–Crippen MR) is 128 cm³/mol. The zero-order valence-corrected chi connectivity index (χ0v) is 20.5. The zero-order chi connectivity index (χ0) is 20.9. The first-order valence-electron chi connectivity index (χ1n) is 11.5. The summed E-state index contributed by atoms with van der Waals surface area (Å²) in [5.74, 6) is 0. The molecule has 0 saturated carbocycles. The molecule has 0 aliphatic carbocycles. The second-order valence-corrected chi connectivity index (χ2v) is 14.4.